The van der Waals surface area contributed by atoms with E-state index < -0.39 is 11.7 Å². The molecule has 0 fully saturated rings. The summed E-state index contributed by atoms with van der Waals surface area (Å²) in [6.07, 6.45) is 1.05. The molecule has 3 rings (SSSR count). The Kier molecular flexibility index (Phi) is 6.94. The lowest BCUT2D eigenvalue weighted by atomic mass is 10.1. The van der Waals surface area contributed by atoms with Gasteiger partial charge in [0, 0.05) is 7.05 Å². The topological polar surface area (TPSA) is 126 Å². The number of pyridine rings is 1. The van der Waals surface area contributed by atoms with Gasteiger partial charge in [0.05, 0.1) is 37.3 Å². The quantitative estimate of drug-likeness (QED) is 0.534. The lowest BCUT2D eigenvalue weighted by Crippen LogP contribution is -2.27. The van der Waals surface area contributed by atoms with Crippen molar-refractivity contribution in [3.63, 3.8) is 0 Å². The molecule has 0 bridgehead atoms. The summed E-state index contributed by atoms with van der Waals surface area (Å²) in [5.74, 6) is 1.42. The number of rotatable bonds is 7. The molecule has 2 heterocycles. The van der Waals surface area contributed by atoms with Gasteiger partial charge in [-0.3, -0.25) is 10.00 Å². The van der Waals surface area contributed by atoms with Crippen LogP contribution in [0, 0.1) is 0 Å². The number of aromatic nitrogens is 4. The maximum absolute atomic E-state index is 11.9. The van der Waals surface area contributed by atoms with Gasteiger partial charge in [-0.25, -0.2) is 14.8 Å². The van der Waals surface area contributed by atoms with E-state index in [0.717, 1.165) is 5.56 Å². The summed E-state index contributed by atoms with van der Waals surface area (Å²) in [4.78, 5) is 20.6. The molecule has 0 aliphatic rings. The van der Waals surface area contributed by atoms with E-state index in [-0.39, 0.29) is 6.61 Å². The Morgan fingerprint density at radius 1 is 1.22 bits per heavy atom. The maximum Gasteiger partial charge on any atom is 0.413 e. The van der Waals surface area contributed by atoms with Crippen molar-refractivity contribution in [2.24, 2.45) is 7.05 Å². The highest BCUT2D eigenvalue weighted by Gasteiger charge is 2.17. The average Bonchev–Trinajstić information content (AvgIpc) is 3.12. The molecule has 0 saturated heterocycles. The molecule has 3 N–H and O–H groups in total. The first-order chi connectivity index (χ1) is 15.1. The van der Waals surface area contributed by atoms with Crippen molar-refractivity contribution < 1.29 is 19.0 Å². The second kappa shape index (κ2) is 9.65. The van der Waals surface area contributed by atoms with Crippen molar-refractivity contribution in [2.75, 3.05) is 18.2 Å². The van der Waals surface area contributed by atoms with E-state index in [2.05, 4.69) is 20.4 Å². The Hall–Kier alpha value is -3.66. The van der Waals surface area contributed by atoms with Crippen LogP contribution in [0.4, 0.5) is 16.3 Å². The SMILES string of the molecule is COc1c(N)cc(COCc2cccc(NC(=O)OC(C)(C)C)n2)cc1-c1ncn(C)n1. The summed E-state index contributed by atoms with van der Waals surface area (Å²) in [6, 6.07) is 8.96. The van der Waals surface area contributed by atoms with Gasteiger partial charge in [0.2, 0.25) is 0 Å². The van der Waals surface area contributed by atoms with Gasteiger partial charge in [0.15, 0.2) is 11.6 Å². The normalized spacial score (nSPS) is 11.3. The van der Waals surface area contributed by atoms with Gasteiger partial charge in [-0.1, -0.05) is 6.07 Å². The van der Waals surface area contributed by atoms with E-state index >= 15 is 0 Å². The number of nitrogens with one attached hydrogen (secondary N) is 1. The van der Waals surface area contributed by atoms with Crippen molar-refractivity contribution in [3.8, 4) is 17.1 Å². The van der Waals surface area contributed by atoms with Crippen LogP contribution in [0.25, 0.3) is 11.4 Å². The third kappa shape index (κ3) is 6.17. The third-order valence-electron chi connectivity index (χ3n) is 4.18. The molecule has 1 amide bonds. The number of hydrogen-bond acceptors (Lipinski definition) is 8. The smallest absolute Gasteiger partial charge is 0.413 e. The van der Waals surface area contributed by atoms with Crippen LogP contribution in [0.2, 0.25) is 0 Å². The van der Waals surface area contributed by atoms with E-state index in [4.69, 9.17) is 19.9 Å². The molecule has 3 aromatic rings. The number of carbonyl (C=O) groups is 1. The summed E-state index contributed by atoms with van der Waals surface area (Å²) >= 11 is 0. The molecule has 1 aromatic carbocycles. The monoisotopic (exact) mass is 440 g/mol. The standard InChI is InChI=1S/C22H28N6O4/c1-22(2,3)32-21(29)26-18-8-6-7-15(25-18)12-31-11-14-9-16(19(30-5)17(23)10-14)20-24-13-28(4)27-20/h6-10,13H,11-12,23H2,1-5H3,(H,25,26,29). The van der Waals surface area contributed by atoms with Crippen LogP contribution >= 0.6 is 0 Å². The molecule has 2 aromatic heterocycles. The average molecular weight is 441 g/mol. The number of ether oxygens (including phenoxy) is 3. The minimum atomic E-state index is -0.589. The minimum absolute atomic E-state index is 0.243. The van der Waals surface area contributed by atoms with Gasteiger partial charge in [-0.15, -0.1) is 0 Å². The van der Waals surface area contributed by atoms with Crippen LogP contribution in [0.3, 0.4) is 0 Å². The molecule has 0 aliphatic carbocycles. The molecule has 170 valence electrons. The Morgan fingerprint density at radius 3 is 2.66 bits per heavy atom. The van der Waals surface area contributed by atoms with E-state index in [1.807, 2.05) is 12.1 Å². The fourth-order valence-electron chi connectivity index (χ4n) is 2.96. The van der Waals surface area contributed by atoms with Crippen LogP contribution in [-0.2, 0) is 29.7 Å². The van der Waals surface area contributed by atoms with Crippen LogP contribution in [0.15, 0.2) is 36.7 Å². The van der Waals surface area contributed by atoms with Crippen LogP contribution in [0.1, 0.15) is 32.0 Å². The van der Waals surface area contributed by atoms with Crippen molar-refractivity contribution in [1.82, 2.24) is 19.7 Å². The van der Waals surface area contributed by atoms with Crippen LogP contribution < -0.4 is 15.8 Å². The molecule has 0 unspecified atom stereocenters. The van der Waals surface area contributed by atoms with Crippen molar-refractivity contribution in [1.29, 1.82) is 0 Å². The molecule has 32 heavy (non-hydrogen) atoms. The number of benzene rings is 1. The van der Waals surface area contributed by atoms with Gasteiger partial charge in [0.25, 0.3) is 0 Å². The second-order valence-corrected chi connectivity index (χ2v) is 8.14. The maximum atomic E-state index is 11.9. The van der Waals surface area contributed by atoms with Gasteiger partial charge < -0.3 is 19.9 Å². The first-order valence-corrected chi connectivity index (χ1v) is 10.0. The van der Waals surface area contributed by atoms with Gasteiger partial charge in [-0.2, -0.15) is 5.10 Å². The lowest BCUT2D eigenvalue weighted by molar-refractivity contribution is 0.0635. The number of hydrogen-bond donors (Lipinski definition) is 2. The molecule has 10 heteroatoms. The molecule has 0 saturated carbocycles. The van der Waals surface area contributed by atoms with Crippen molar-refractivity contribution >= 4 is 17.6 Å². The third-order valence-corrected chi connectivity index (χ3v) is 4.18. The zero-order chi connectivity index (χ0) is 23.3. The number of nitrogens with two attached hydrogens (primary N) is 1. The van der Waals surface area contributed by atoms with E-state index in [1.165, 1.54) is 0 Å². The van der Waals surface area contributed by atoms with Gasteiger partial charge >= 0.3 is 6.09 Å². The summed E-state index contributed by atoms with van der Waals surface area (Å²) in [5, 5.41) is 6.95. The van der Waals surface area contributed by atoms with Gasteiger partial charge in [0.1, 0.15) is 17.7 Å². The second-order valence-electron chi connectivity index (χ2n) is 8.14. The number of methoxy groups -OCH3 is 1. The summed E-state index contributed by atoms with van der Waals surface area (Å²) < 4.78 is 18.1. The Bertz CT molecular complexity index is 1090. The highest BCUT2D eigenvalue weighted by atomic mass is 16.6. The Labute approximate surface area is 186 Å². The number of nitrogen functional groups attached to an aromatic ring is 1. The van der Waals surface area contributed by atoms with Crippen molar-refractivity contribution in [3.05, 3.63) is 47.9 Å². The number of anilines is 2. The summed E-state index contributed by atoms with van der Waals surface area (Å²) in [5.41, 5.74) is 8.23. The van der Waals surface area contributed by atoms with E-state index in [9.17, 15) is 4.79 Å². The highest BCUT2D eigenvalue weighted by Crippen LogP contribution is 2.34. The number of aryl methyl sites for hydroxylation is 1. The zero-order valence-electron chi connectivity index (χ0n) is 18.9. The molecule has 0 spiro atoms. The fraction of sp³-hybridized carbons (Fsp3) is 0.364. The first kappa shape index (κ1) is 23.0. The van der Waals surface area contributed by atoms with Crippen LogP contribution in [0.5, 0.6) is 5.75 Å². The summed E-state index contributed by atoms with van der Waals surface area (Å²) in [6.45, 7) is 5.93. The van der Waals surface area contributed by atoms with E-state index in [1.54, 1.807) is 64.1 Å². The molecule has 10 nitrogen and oxygen atoms in total. The lowest BCUT2D eigenvalue weighted by Gasteiger charge is -2.19. The highest BCUT2D eigenvalue weighted by molar-refractivity contribution is 5.83. The number of nitrogens with zero attached hydrogens (tertiary/aromatic N) is 4. The number of amides is 1. The zero-order valence-corrected chi connectivity index (χ0v) is 18.9. The van der Waals surface area contributed by atoms with Crippen molar-refractivity contribution in [2.45, 2.75) is 39.6 Å². The predicted octanol–water partition coefficient (Wildman–Crippen LogP) is 3.53. The molecule has 0 radical (unpaired) electrons. The van der Waals surface area contributed by atoms with Gasteiger partial charge in [-0.05, 0) is 50.6 Å². The van der Waals surface area contributed by atoms with Crippen LogP contribution in [-0.4, -0.2) is 38.6 Å². The minimum Gasteiger partial charge on any atom is -0.494 e. The Morgan fingerprint density at radius 2 is 2.00 bits per heavy atom. The summed E-state index contributed by atoms with van der Waals surface area (Å²) in [7, 11) is 3.34. The number of carbonyl (C=O) groups excluding carboxylic acids is 1. The molecular formula is C22H28N6O4. The molecule has 0 aliphatic heterocycles. The Balaban J connectivity index is 1.65. The molecule has 0 atom stereocenters. The fourth-order valence-corrected chi connectivity index (χ4v) is 2.96. The van der Waals surface area contributed by atoms with E-state index in [0.29, 0.717) is 40.9 Å². The predicted molar refractivity (Wildman–Crippen MR) is 120 cm³/mol. The largest absolute Gasteiger partial charge is 0.494 e. The molecular weight excluding hydrogens is 412 g/mol. The first-order valence-electron chi connectivity index (χ1n) is 10.0.